The van der Waals surface area contributed by atoms with Crippen molar-refractivity contribution in [1.29, 1.82) is 0 Å². The number of hydrogen-bond donors (Lipinski definition) is 2. The molecule has 0 aliphatic carbocycles. The highest BCUT2D eigenvalue weighted by Gasteiger charge is 2.14. The van der Waals surface area contributed by atoms with Crippen molar-refractivity contribution in [3.63, 3.8) is 0 Å². The van der Waals surface area contributed by atoms with Gasteiger partial charge in [-0.1, -0.05) is 24.3 Å². The molecule has 28 heavy (non-hydrogen) atoms. The molecule has 0 radical (unpaired) electrons. The van der Waals surface area contributed by atoms with Gasteiger partial charge in [0.1, 0.15) is 5.82 Å². The van der Waals surface area contributed by atoms with Crippen LogP contribution in [0.15, 0.2) is 60.8 Å². The summed E-state index contributed by atoms with van der Waals surface area (Å²) in [5.74, 6) is -0.328. The van der Waals surface area contributed by atoms with Gasteiger partial charge in [-0.05, 0) is 59.0 Å². The summed E-state index contributed by atoms with van der Waals surface area (Å²) in [4.78, 5) is 4.43. The fraction of sp³-hybridized carbons (Fsp3) is 0.190. The highest BCUT2D eigenvalue weighted by Crippen LogP contribution is 2.31. The van der Waals surface area contributed by atoms with Crippen molar-refractivity contribution in [1.82, 2.24) is 9.71 Å². The zero-order valence-electron chi connectivity index (χ0n) is 15.4. The number of halogens is 1. The average molecular weight is 400 g/mol. The summed E-state index contributed by atoms with van der Waals surface area (Å²) in [6.45, 7) is 0.0994. The number of benzene rings is 2. The molecule has 7 heteroatoms. The van der Waals surface area contributed by atoms with E-state index in [9.17, 15) is 17.9 Å². The SMILES string of the molecule is CS(=O)(=O)NCc1cnc(-c2ccc(F)cc2)cc1-c1ccccc1CCO. The molecule has 0 aliphatic heterocycles. The van der Waals surface area contributed by atoms with Gasteiger partial charge in [0.05, 0.1) is 11.9 Å². The molecule has 2 N–H and O–H groups in total. The maximum atomic E-state index is 13.3. The molecule has 0 atom stereocenters. The van der Waals surface area contributed by atoms with E-state index < -0.39 is 10.0 Å². The van der Waals surface area contributed by atoms with E-state index in [2.05, 4.69) is 9.71 Å². The first-order valence-corrected chi connectivity index (χ1v) is 10.6. The molecule has 3 rings (SSSR count). The fourth-order valence-corrected chi connectivity index (χ4v) is 3.40. The first-order chi connectivity index (χ1) is 13.4. The van der Waals surface area contributed by atoms with Crippen molar-refractivity contribution in [2.45, 2.75) is 13.0 Å². The van der Waals surface area contributed by atoms with Crippen LogP contribution in [0.2, 0.25) is 0 Å². The Hall–Kier alpha value is -2.61. The van der Waals surface area contributed by atoms with Crippen LogP contribution >= 0.6 is 0 Å². The minimum absolute atomic E-state index is 0.00381. The molecule has 1 heterocycles. The average Bonchev–Trinajstić information content (AvgIpc) is 2.67. The molecule has 0 bridgehead atoms. The Morgan fingerprint density at radius 2 is 1.75 bits per heavy atom. The highest BCUT2D eigenvalue weighted by molar-refractivity contribution is 7.88. The smallest absolute Gasteiger partial charge is 0.209 e. The van der Waals surface area contributed by atoms with Gasteiger partial charge in [-0.3, -0.25) is 4.98 Å². The van der Waals surface area contributed by atoms with Crippen LogP contribution in [0.1, 0.15) is 11.1 Å². The van der Waals surface area contributed by atoms with E-state index >= 15 is 0 Å². The van der Waals surface area contributed by atoms with Gasteiger partial charge in [0.25, 0.3) is 0 Å². The second kappa shape index (κ2) is 8.60. The van der Waals surface area contributed by atoms with Crippen molar-refractivity contribution in [2.75, 3.05) is 12.9 Å². The molecule has 0 saturated carbocycles. The van der Waals surface area contributed by atoms with Crippen molar-refractivity contribution < 1.29 is 17.9 Å². The van der Waals surface area contributed by atoms with E-state index in [-0.39, 0.29) is 19.0 Å². The summed E-state index contributed by atoms with van der Waals surface area (Å²) < 4.78 is 38.8. The van der Waals surface area contributed by atoms with E-state index in [0.29, 0.717) is 17.7 Å². The number of nitrogens with one attached hydrogen (secondary N) is 1. The summed E-state index contributed by atoms with van der Waals surface area (Å²) in [5, 5.41) is 9.39. The largest absolute Gasteiger partial charge is 0.396 e. The summed E-state index contributed by atoms with van der Waals surface area (Å²) in [5.41, 5.74) is 4.77. The zero-order valence-corrected chi connectivity index (χ0v) is 16.2. The minimum atomic E-state index is -3.37. The first-order valence-electron chi connectivity index (χ1n) is 8.76. The number of rotatable bonds is 7. The Balaban J connectivity index is 2.12. The van der Waals surface area contributed by atoms with Gasteiger partial charge in [0.15, 0.2) is 0 Å². The molecule has 3 aromatic rings. The maximum absolute atomic E-state index is 13.3. The number of hydrogen-bond acceptors (Lipinski definition) is 4. The zero-order chi connectivity index (χ0) is 20.1. The number of aliphatic hydroxyl groups excluding tert-OH is 1. The molecule has 0 aliphatic rings. The lowest BCUT2D eigenvalue weighted by atomic mass is 9.93. The van der Waals surface area contributed by atoms with Gasteiger partial charge in [-0.25, -0.2) is 17.5 Å². The molecule has 0 unspecified atom stereocenters. The molecule has 146 valence electrons. The molecular formula is C21H21FN2O3S. The van der Waals surface area contributed by atoms with Crippen molar-refractivity contribution in [3.05, 3.63) is 77.7 Å². The Morgan fingerprint density at radius 1 is 1.04 bits per heavy atom. The Kier molecular flexibility index (Phi) is 6.18. The van der Waals surface area contributed by atoms with Gasteiger partial charge in [0, 0.05) is 24.9 Å². The van der Waals surface area contributed by atoms with Crippen LogP contribution < -0.4 is 4.72 Å². The first kappa shape index (κ1) is 20.1. The lowest BCUT2D eigenvalue weighted by Gasteiger charge is -2.15. The number of sulfonamides is 1. The number of aliphatic hydroxyl groups is 1. The van der Waals surface area contributed by atoms with E-state index in [4.69, 9.17) is 0 Å². The molecule has 0 saturated heterocycles. The normalized spacial score (nSPS) is 11.5. The molecular weight excluding hydrogens is 379 g/mol. The lowest BCUT2D eigenvalue weighted by Crippen LogP contribution is -2.21. The van der Waals surface area contributed by atoms with Gasteiger partial charge in [0.2, 0.25) is 10.0 Å². The third kappa shape index (κ3) is 5.01. The van der Waals surface area contributed by atoms with Crippen molar-refractivity contribution in [3.8, 4) is 22.4 Å². The number of pyridine rings is 1. The van der Waals surface area contributed by atoms with Crippen LogP contribution in [-0.2, 0) is 23.0 Å². The molecule has 1 aromatic heterocycles. The predicted molar refractivity (Wildman–Crippen MR) is 108 cm³/mol. The number of aromatic nitrogens is 1. The van der Waals surface area contributed by atoms with Crippen molar-refractivity contribution in [2.24, 2.45) is 0 Å². The highest BCUT2D eigenvalue weighted by atomic mass is 32.2. The van der Waals surface area contributed by atoms with Crippen molar-refractivity contribution >= 4 is 10.0 Å². The Labute approximate surface area is 163 Å². The summed E-state index contributed by atoms with van der Waals surface area (Å²) in [6, 6.07) is 15.5. The third-order valence-corrected chi connectivity index (χ3v) is 5.01. The second-order valence-corrected chi connectivity index (χ2v) is 8.29. The third-order valence-electron chi connectivity index (χ3n) is 4.34. The van der Waals surface area contributed by atoms with E-state index in [1.165, 1.54) is 12.1 Å². The summed E-state index contributed by atoms with van der Waals surface area (Å²) in [6.07, 6.45) is 3.21. The van der Waals surface area contributed by atoms with E-state index in [1.807, 2.05) is 30.3 Å². The van der Waals surface area contributed by atoms with Gasteiger partial charge in [-0.2, -0.15) is 0 Å². The van der Waals surface area contributed by atoms with Crippen LogP contribution in [0.5, 0.6) is 0 Å². The second-order valence-electron chi connectivity index (χ2n) is 6.46. The topological polar surface area (TPSA) is 79.3 Å². The fourth-order valence-electron chi connectivity index (χ4n) is 2.98. The van der Waals surface area contributed by atoms with E-state index in [1.54, 1.807) is 18.3 Å². The van der Waals surface area contributed by atoms with E-state index in [0.717, 1.165) is 28.5 Å². The maximum Gasteiger partial charge on any atom is 0.209 e. The van der Waals surface area contributed by atoms with Crippen LogP contribution in [-0.4, -0.2) is 31.4 Å². The quantitative estimate of drug-likeness (QED) is 0.639. The molecule has 2 aromatic carbocycles. The van der Waals surface area contributed by atoms with Gasteiger partial charge < -0.3 is 5.11 Å². The molecule has 0 spiro atoms. The Bertz CT molecular complexity index is 1070. The van der Waals surface area contributed by atoms with Gasteiger partial charge in [-0.15, -0.1) is 0 Å². The minimum Gasteiger partial charge on any atom is -0.396 e. The lowest BCUT2D eigenvalue weighted by molar-refractivity contribution is 0.300. The van der Waals surface area contributed by atoms with Crippen LogP contribution in [0.25, 0.3) is 22.4 Å². The molecule has 0 fully saturated rings. The van der Waals surface area contributed by atoms with Crippen LogP contribution in [0, 0.1) is 5.82 Å². The van der Waals surface area contributed by atoms with Gasteiger partial charge >= 0.3 is 0 Å². The van der Waals surface area contributed by atoms with Crippen LogP contribution in [0.3, 0.4) is 0 Å². The van der Waals surface area contributed by atoms with Crippen LogP contribution in [0.4, 0.5) is 4.39 Å². The summed E-state index contributed by atoms with van der Waals surface area (Å²) in [7, 11) is -3.37. The number of nitrogens with zero attached hydrogens (tertiary/aromatic N) is 1. The monoisotopic (exact) mass is 400 g/mol. The molecule has 5 nitrogen and oxygen atoms in total. The predicted octanol–water partition coefficient (Wildman–Crippen LogP) is 3.14. The standard InChI is InChI=1S/C21H21FN2O3S/c1-28(26,27)24-14-17-13-23-21(16-6-8-18(22)9-7-16)12-20(17)19-5-3-2-4-15(19)10-11-25/h2-9,12-13,24-25H,10-11,14H2,1H3. The summed E-state index contributed by atoms with van der Waals surface area (Å²) >= 11 is 0. The molecule has 0 amide bonds. The Morgan fingerprint density at radius 3 is 2.43 bits per heavy atom.